The molecule has 0 saturated heterocycles. The summed E-state index contributed by atoms with van der Waals surface area (Å²) in [5.41, 5.74) is 2.38. The molecule has 1 unspecified atom stereocenters. The lowest BCUT2D eigenvalue weighted by atomic mass is 10.1. The summed E-state index contributed by atoms with van der Waals surface area (Å²) < 4.78 is 0. The molecule has 3 N–H and O–H groups in total. The number of amides is 1. The summed E-state index contributed by atoms with van der Waals surface area (Å²) >= 11 is 1.52. The Morgan fingerprint density at radius 2 is 2.43 bits per heavy atom. The number of pyridine rings is 1. The topological polar surface area (TPSA) is 89.3 Å². The number of rotatable bonds is 7. The third-order valence-electron chi connectivity index (χ3n) is 3.78. The molecule has 2 rings (SSSR count). The SMILES string of the molecule is CCC(C)N(C=N)C(=O)C1=Cc2c(NCCO)ccnc2SC1. The highest BCUT2D eigenvalue weighted by molar-refractivity contribution is 7.99. The summed E-state index contributed by atoms with van der Waals surface area (Å²) in [6.07, 6.45) is 5.46. The Labute approximate surface area is 140 Å². The van der Waals surface area contributed by atoms with E-state index < -0.39 is 0 Å². The van der Waals surface area contributed by atoms with E-state index in [1.54, 1.807) is 6.20 Å². The number of thioether (sulfide) groups is 1. The normalized spacial score (nSPS) is 14.5. The molecule has 1 amide bonds. The minimum absolute atomic E-state index is 0.00632. The fourth-order valence-corrected chi connectivity index (χ4v) is 3.25. The van der Waals surface area contributed by atoms with E-state index in [0.717, 1.165) is 29.0 Å². The van der Waals surface area contributed by atoms with Gasteiger partial charge in [-0.2, -0.15) is 0 Å². The van der Waals surface area contributed by atoms with Crippen molar-refractivity contribution < 1.29 is 9.90 Å². The highest BCUT2D eigenvalue weighted by Crippen LogP contribution is 2.35. The molecule has 0 bridgehead atoms. The molecule has 1 aromatic heterocycles. The number of anilines is 1. The van der Waals surface area contributed by atoms with Crippen LogP contribution < -0.4 is 5.32 Å². The van der Waals surface area contributed by atoms with E-state index in [1.165, 1.54) is 16.7 Å². The standard InChI is InChI=1S/C16H22N4O2S/c1-3-11(2)20(10-17)16(22)12-8-13-14(18-6-7-21)4-5-19-15(13)23-9-12/h4-5,8,10-11,17,21H,3,6-7,9H2,1-2H3,(H,18,19). The van der Waals surface area contributed by atoms with Crippen molar-refractivity contribution in [3.63, 3.8) is 0 Å². The van der Waals surface area contributed by atoms with Gasteiger partial charge >= 0.3 is 0 Å². The molecule has 0 spiro atoms. The third kappa shape index (κ3) is 3.92. The number of hydrogen-bond acceptors (Lipinski definition) is 6. The summed E-state index contributed by atoms with van der Waals surface area (Å²) in [6.45, 7) is 4.41. The van der Waals surface area contributed by atoms with E-state index in [2.05, 4.69) is 10.3 Å². The smallest absolute Gasteiger partial charge is 0.256 e. The summed E-state index contributed by atoms with van der Waals surface area (Å²) in [4.78, 5) is 18.5. The Bertz CT molecular complexity index is 618. The molecule has 0 fully saturated rings. The number of carbonyl (C=O) groups is 1. The maximum Gasteiger partial charge on any atom is 0.256 e. The second-order valence-corrected chi connectivity index (χ2v) is 6.25. The maximum atomic E-state index is 12.7. The van der Waals surface area contributed by atoms with Gasteiger partial charge in [0.25, 0.3) is 5.91 Å². The minimum Gasteiger partial charge on any atom is -0.395 e. The first-order valence-corrected chi connectivity index (χ1v) is 8.61. The molecule has 6 nitrogen and oxygen atoms in total. The minimum atomic E-state index is -0.135. The average molecular weight is 334 g/mol. The van der Waals surface area contributed by atoms with Crippen LogP contribution in [0.1, 0.15) is 25.8 Å². The molecular formula is C16H22N4O2S. The molecular weight excluding hydrogens is 312 g/mol. The van der Waals surface area contributed by atoms with Gasteiger partial charge in [0, 0.05) is 41.4 Å². The lowest BCUT2D eigenvalue weighted by Crippen LogP contribution is -2.38. The predicted molar refractivity (Wildman–Crippen MR) is 93.9 cm³/mol. The lowest BCUT2D eigenvalue weighted by Gasteiger charge is -2.26. The van der Waals surface area contributed by atoms with Crippen molar-refractivity contribution in [2.45, 2.75) is 31.3 Å². The molecule has 0 aromatic carbocycles. The Morgan fingerprint density at radius 1 is 1.65 bits per heavy atom. The Morgan fingerprint density at radius 3 is 3.09 bits per heavy atom. The van der Waals surface area contributed by atoms with Gasteiger partial charge < -0.3 is 10.4 Å². The number of aliphatic hydroxyl groups excluding tert-OH is 1. The fourth-order valence-electron chi connectivity index (χ4n) is 2.29. The van der Waals surface area contributed by atoms with Crippen LogP contribution in [-0.4, -0.2) is 52.2 Å². The van der Waals surface area contributed by atoms with Gasteiger partial charge in [-0.15, -0.1) is 11.8 Å². The molecule has 23 heavy (non-hydrogen) atoms. The second kappa shape index (κ2) is 8.12. The van der Waals surface area contributed by atoms with Crippen LogP contribution in [0.5, 0.6) is 0 Å². The number of fused-ring (bicyclic) bond motifs is 1. The lowest BCUT2D eigenvalue weighted by molar-refractivity contribution is -0.124. The molecule has 1 aliphatic heterocycles. The van der Waals surface area contributed by atoms with Crippen molar-refractivity contribution in [2.75, 3.05) is 24.2 Å². The van der Waals surface area contributed by atoms with Crippen LogP contribution in [0.25, 0.3) is 6.08 Å². The van der Waals surface area contributed by atoms with E-state index in [1.807, 2.05) is 26.0 Å². The highest BCUT2D eigenvalue weighted by Gasteiger charge is 2.25. The number of hydrogen-bond donors (Lipinski definition) is 3. The Balaban J connectivity index is 2.31. The summed E-state index contributed by atoms with van der Waals surface area (Å²) in [5.74, 6) is 0.410. The molecule has 0 aliphatic carbocycles. The summed E-state index contributed by atoms with van der Waals surface area (Å²) in [5, 5.41) is 20.5. The maximum absolute atomic E-state index is 12.7. The van der Waals surface area contributed by atoms with Crippen LogP contribution in [0.15, 0.2) is 22.9 Å². The first-order valence-electron chi connectivity index (χ1n) is 7.62. The first kappa shape index (κ1) is 17.5. The number of nitrogens with one attached hydrogen (secondary N) is 2. The predicted octanol–water partition coefficient (Wildman–Crippen LogP) is 2.21. The van der Waals surface area contributed by atoms with Gasteiger partial charge in [-0.1, -0.05) is 6.92 Å². The number of aliphatic hydroxyl groups is 1. The zero-order valence-electron chi connectivity index (χ0n) is 13.4. The van der Waals surface area contributed by atoms with Crippen molar-refractivity contribution in [2.24, 2.45) is 0 Å². The second-order valence-electron chi connectivity index (χ2n) is 5.28. The molecule has 7 heteroatoms. The van der Waals surface area contributed by atoms with Gasteiger partial charge in [0.2, 0.25) is 0 Å². The number of carbonyl (C=O) groups excluding carboxylic acids is 1. The Kier molecular flexibility index (Phi) is 6.18. The van der Waals surface area contributed by atoms with Gasteiger partial charge in [-0.05, 0) is 25.5 Å². The van der Waals surface area contributed by atoms with E-state index in [0.29, 0.717) is 17.9 Å². The zero-order valence-corrected chi connectivity index (χ0v) is 14.2. The van der Waals surface area contributed by atoms with Crippen LogP contribution >= 0.6 is 11.8 Å². The zero-order chi connectivity index (χ0) is 16.8. The molecule has 1 atom stereocenters. The fraction of sp³-hybridized carbons (Fsp3) is 0.438. The molecule has 1 aliphatic rings. The van der Waals surface area contributed by atoms with Gasteiger partial charge in [-0.25, -0.2) is 4.98 Å². The summed E-state index contributed by atoms with van der Waals surface area (Å²) in [6, 6.07) is 1.83. The van der Waals surface area contributed by atoms with Gasteiger partial charge in [0.05, 0.1) is 12.9 Å². The monoisotopic (exact) mass is 334 g/mol. The molecule has 0 radical (unpaired) electrons. The van der Waals surface area contributed by atoms with Crippen molar-refractivity contribution in [1.82, 2.24) is 9.88 Å². The van der Waals surface area contributed by atoms with Crippen molar-refractivity contribution in [3.05, 3.63) is 23.4 Å². The summed E-state index contributed by atoms with van der Waals surface area (Å²) in [7, 11) is 0. The molecule has 0 saturated carbocycles. The van der Waals surface area contributed by atoms with Crippen molar-refractivity contribution in [3.8, 4) is 0 Å². The third-order valence-corrected chi connectivity index (χ3v) is 4.83. The largest absolute Gasteiger partial charge is 0.395 e. The van der Waals surface area contributed by atoms with Crippen LogP contribution in [0.3, 0.4) is 0 Å². The molecule has 2 heterocycles. The van der Waals surface area contributed by atoms with Crippen LogP contribution in [0.4, 0.5) is 5.69 Å². The van der Waals surface area contributed by atoms with Crippen molar-refractivity contribution in [1.29, 1.82) is 5.41 Å². The van der Waals surface area contributed by atoms with E-state index in [9.17, 15) is 4.79 Å². The van der Waals surface area contributed by atoms with Crippen molar-refractivity contribution >= 4 is 35.8 Å². The van der Waals surface area contributed by atoms with Gasteiger partial charge in [-0.3, -0.25) is 15.1 Å². The number of aromatic nitrogens is 1. The van der Waals surface area contributed by atoms with Crippen LogP contribution in [0, 0.1) is 5.41 Å². The average Bonchev–Trinajstić information content (AvgIpc) is 2.59. The Hall–Kier alpha value is -1.86. The van der Waals surface area contributed by atoms with Gasteiger partial charge in [0.1, 0.15) is 5.03 Å². The van der Waals surface area contributed by atoms with Crippen LogP contribution in [-0.2, 0) is 4.79 Å². The van der Waals surface area contributed by atoms with Gasteiger partial charge in [0.15, 0.2) is 0 Å². The van der Waals surface area contributed by atoms with E-state index in [4.69, 9.17) is 10.5 Å². The van der Waals surface area contributed by atoms with Crippen LogP contribution in [0.2, 0.25) is 0 Å². The molecule has 124 valence electrons. The molecule has 1 aromatic rings. The first-order chi connectivity index (χ1) is 11.1. The quantitative estimate of drug-likeness (QED) is 0.525. The highest BCUT2D eigenvalue weighted by atomic mass is 32.2. The van der Waals surface area contributed by atoms with E-state index in [-0.39, 0.29) is 18.6 Å². The number of nitrogens with zero attached hydrogens (tertiary/aromatic N) is 2. The van der Waals surface area contributed by atoms with E-state index >= 15 is 0 Å².